The van der Waals surface area contributed by atoms with Crippen LogP contribution in [0.15, 0.2) is 0 Å². The fourth-order valence-electron chi connectivity index (χ4n) is 7.24. The zero-order valence-electron chi connectivity index (χ0n) is 10.2. The summed E-state index contributed by atoms with van der Waals surface area (Å²) in [4.78, 5) is 0. The van der Waals surface area contributed by atoms with Crippen LogP contribution in [-0.2, 0) is 0 Å². The zero-order chi connectivity index (χ0) is 10.7. The highest BCUT2D eigenvalue weighted by Gasteiger charge is 2.69. The third-order valence-electron chi connectivity index (χ3n) is 7.33. The highest BCUT2D eigenvalue weighted by Crippen LogP contribution is 2.74. The fourth-order valence-corrected chi connectivity index (χ4v) is 7.24. The minimum absolute atomic E-state index is 0.214. The lowest BCUT2D eigenvalue weighted by atomic mass is 9.32. The van der Waals surface area contributed by atoms with Gasteiger partial charge in [-0.05, 0) is 79.4 Å². The molecular formula is C15H22O. The molecular weight excluding hydrogens is 196 g/mol. The van der Waals surface area contributed by atoms with E-state index in [1.54, 1.807) is 0 Å². The second-order valence-corrected chi connectivity index (χ2v) is 8.24. The quantitative estimate of drug-likeness (QED) is 0.663. The minimum Gasteiger partial charge on any atom is -0.390 e. The van der Waals surface area contributed by atoms with Crippen LogP contribution < -0.4 is 0 Å². The van der Waals surface area contributed by atoms with Gasteiger partial charge in [-0.2, -0.15) is 0 Å². The zero-order valence-corrected chi connectivity index (χ0v) is 10.2. The second-order valence-electron chi connectivity index (χ2n) is 8.24. The Morgan fingerprint density at radius 1 is 0.688 bits per heavy atom. The predicted octanol–water partition coefficient (Wildman–Crippen LogP) is 2.83. The Bertz CT molecular complexity index is 273. The van der Waals surface area contributed by atoms with Crippen LogP contribution in [0.3, 0.4) is 0 Å². The molecule has 1 nitrogen and oxygen atoms in total. The monoisotopic (exact) mass is 218 g/mol. The van der Waals surface area contributed by atoms with Gasteiger partial charge in [0, 0.05) is 0 Å². The average Bonchev–Trinajstić information content (AvgIpc) is 2.22. The summed E-state index contributed by atoms with van der Waals surface area (Å²) >= 11 is 0. The van der Waals surface area contributed by atoms with Crippen molar-refractivity contribution in [3.63, 3.8) is 0 Å². The maximum absolute atomic E-state index is 10.7. The molecule has 0 aromatic carbocycles. The Morgan fingerprint density at radius 2 is 1.00 bits per heavy atom. The van der Waals surface area contributed by atoms with E-state index in [0.29, 0.717) is 5.41 Å². The molecule has 0 saturated heterocycles. The van der Waals surface area contributed by atoms with E-state index in [0.717, 1.165) is 54.8 Å². The van der Waals surface area contributed by atoms with Crippen LogP contribution in [0.5, 0.6) is 0 Å². The van der Waals surface area contributed by atoms with Gasteiger partial charge >= 0.3 is 0 Å². The molecule has 0 aliphatic heterocycles. The molecule has 8 bridgehead atoms. The molecule has 88 valence electrons. The van der Waals surface area contributed by atoms with Gasteiger partial charge in [-0.15, -0.1) is 0 Å². The van der Waals surface area contributed by atoms with Gasteiger partial charge in [-0.1, -0.05) is 6.92 Å². The molecule has 1 N–H and O–H groups in total. The summed E-state index contributed by atoms with van der Waals surface area (Å²) in [6.45, 7) is 2.55. The number of aliphatic hydroxyl groups is 1. The lowest BCUT2D eigenvalue weighted by molar-refractivity contribution is -0.272. The summed E-state index contributed by atoms with van der Waals surface area (Å²) < 4.78 is 0. The summed E-state index contributed by atoms with van der Waals surface area (Å²) in [7, 11) is 0. The maximum Gasteiger partial charge on any atom is 0.0656 e. The first-order valence-corrected chi connectivity index (χ1v) is 7.29. The molecule has 0 aromatic heterocycles. The van der Waals surface area contributed by atoms with Crippen molar-refractivity contribution in [2.45, 2.75) is 51.0 Å². The van der Waals surface area contributed by atoms with Crippen molar-refractivity contribution in [2.24, 2.45) is 40.9 Å². The molecule has 0 heterocycles. The summed E-state index contributed by atoms with van der Waals surface area (Å²) in [5.41, 5.74) is 0.491. The van der Waals surface area contributed by atoms with Gasteiger partial charge in [-0.25, -0.2) is 0 Å². The van der Waals surface area contributed by atoms with Crippen LogP contribution in [0.1, 0.15) is 45.4 Å². The van der Waals surface area contributed by atoms with E-state index in [4.69, 9.17) is 0 Å². The van der Waals surface area contributed by atoms with E-state index in [1.165, 1.54) is 19.3 Å². The molecule has 7 rings (SSSR count). The van der Waals surface area contributed by atoms with Crippen molar-refractivity contribution in [3.8, 4) is 0 Å². The maximum atomic E-state index is 10.7. The van der Waals surface area contributed by atoms with E-state index in [2.05, 4.69) is 6.92 Å². The van der Waals surface area contributed by atoms with Crippen LogP contribution in [0.2, 0.25) is 0 Å². The average molecular weight is 218 g/mol. The van der Waals surface area contributed by atoms with Gasteiger partial charge in [-0.3, -0.25) is 0 Å². The van der Waals surface area contributed by atoms with Gasteiger partial charge in [0.05, 0.1) is 5.60 Å². The molecule has 0 spiro atoms. The van der Waals surface area contributed by atoms with E-state index in [-0.39, 0.29) is 5.60 Å². The summed E-state index contributed by atoms with van der Waals surface area (Å²) in [5, 5.41) is 10.7. The molecule has 16 heavy (non-hydrogen) atoms. The molecule has 7 saturated carbocycles. The van der Waals surface area contributed by atoms with E-state index >= 15 is 0 Å². The Balaban J connectivity index is 1.68. The van der Waals surface area contributed by atoms with Gasteiger partial charge in [0.2, 0.25) is 0 Å². The molecule has 0 unspecified atom stereocenters. The molecule has 7 aliphatic carbocycles. The van der Waals surface area contributed by atoms with Crippen LogP contribution in [0, 0.1) is 40.9 Å². The standard InChI is InChI=1S/C15H22O/c1-14-2-8-11-5-15(16)6-12(8)10(4-14)13(7-15)9(11)3-14/h8-13,16H,2-7H2,1H3. The number of hydrogen-bond acceptors (Lipinski definition) is 1. The summed E-state index contributed by atoms with van der Waals surface area (Å²) in [5.74, 6) is 5.81. The lowest BCUT2D eigenvalue weighted by Crippen LogP contribution is -2.69. The third kappa shape index (κ3) is 0.805. The van der Waals surface area contributed by atoms with E-state index < -0.39 is 0 Å². The summed E-state index contributed by atoms with van der Waals surface area (Å²) in [6.07, 6.45) is 7.99. The topological polar surface area (TPSA) is 20.2 Å². The molecule has 7 fully saturated rings. The highest BCUT2D eigenvalue weighted by atomic mass is 16.3. The Morgan fingerprint density at radius 3 is 1.38 bits per heavy atom. The van der Waals surface area contributed by atoms with Crippen molar-refractivity contribution in [1.82, 2.24) is 0 Å². The number of hydrogen-bond donors (Lipinski definition) is 1. The van der Waals surface area contributed by atoms with E-state index in [9.17, 15) is 5.11 Å². The van der Waals surface area contributed by atoms with Gasteiger partial charge in [0.25, 0.3) is 0 Å². The molecule has 7 aliphatic rings. The van der Waals surface area contributed by atoms with Crippen LogP contribution in [0.4, 0.5) is 0 Å². The van der Waals surface area contributed by atoms with Crippen molar-refractivity contribution < 1.29 is 5.11 Å². The predicted molar refractivity (Wildman–Crippen MR) is 61.7 cm³/mol. The largest absolute Gasteiger partial charge is 0.390 e. The second kappa shape index (κ2) is 2.25. The molecule has 0 atom stereocenters. The first-order chi connectivity index (χ1) is 7.57. The third-order valence-corrected chi connectivity index (χ3v) is 7.33. The highest BCUT2D eigenvalue weighted by molar-refractivity contribution is 5.18. The Kier molecular flexibility index (Phi) is 1.26. The van der Waals surface area contributed by atoms with Gasteiger partial charge in [0.1, 0.15) is 0 Å². The summed E-state index contributed by atoms with van der Waals surface area (Å²) in [6, 6.07) is 0. The van der Waals surface area contributed by atoms with Crippen molar-refractivity contribution in [2.75, 3.05) is 0 Å². The minimum atomic E-state index is -0.214. The van der Waals surface area contributed by atoms with Crippen LogP contribution in [-0.4, -0.2) is 10.7 Å². The van der Waals surface area contributed by atoms with Crippen molar-refractivity contribution in [1.29, 1.82) is 0 Å². The molecule has 0 amide bonds. The lowest BCUT2D eigenvalue weighted by Gasteiger charge is -2.73. The Labute approximate surface area is 97.6 Å². The molecule has 0 aromatic rings. The fraction of sp³-hybridized carbons (Fsp3) is 1.00. The first-order valence-electron chi connectivity index (χ1n) is 7.29. The number of rotatable bonds is 0. The molecule has 0 radical (unpaired) electrons. The normalized spacial score (nSPS) is 73.9. The van der Waals surface area contributed by atoms with Gasteiger partial charge in [0.15, 0.2) is 0 Å². The Hall–Kier alpha value is -0.0400. The van der Waals surface area contributed by atoms with Crippen molar-refractivity contribution >= 4 is 0 Å². The van der Waals surface area contributed by atoms with E-state index in [1.807, 2.05) is 0 Å². The van der Waals surface area contributed by atoms with Crippen LogP contribution >= 0.6 is 0 Å². The van der Waals surface area contributed by atoms with Crippen LogP contribution in [0.25, 0.3) is 0 Å². The smallest absolute Gasteiger partial charge is 0.0656 e. The SMILES string of the molecule is CC12CC3C4CC5(O)CC3C(C1)C(C5)C4C2. The van der Waals surface area contributed by atoms with Crippen molar-refractivity contribution in [3.05, 3.63) is 0 Å². The molecule has 1 heteroatoms. The van der Waals surface area contributed by atoms with Gasteiger partial charge < -0.3 is 5.11 Å². The first kappa shape index (κ1) is 8.97.